The number of hydrogen-bond acceptors (Lipinski definition) is 4. The lowest BCUT2D eigenvalue weighted by molar-refractivity contribution is 0.0668. The summed E-state index contributed by atoms with van der Waals surface area (Å²) in [6, 6.07) is 13.0. The van der Waals surface area contributed by atoms with E-state index in [1.165, 1.54) is 4.31 Å². The molecule has 1 saturated heterocycles. The van der Waals surface area contributed by atoms with E-state index in [0.29, 0.717) is 23.6 Å². The molecular formula is C22H24N2O4S. The zero-order valence-electron chi connectivity index (χ0n) is 16.8. The summed E-state index contributed by atoms with van der Waals surface area (Å²) in [5, 5.41) is 0.893. The molecular weight excluding hydrogens is 388 g/mol. The molecule has 0 radical (unpaired) electrons. The third kappa shape index (κ3) is 3.68. The molecule has 6 nitrogen and oxygen atoms in total. The predicted molar refractivity (Wildman–Crippen MR) is 112 cm³/mol. The second-order valence-corrected chi connectivity index (χ2v) is 9.52. The predicted octanol–water partition coefficient (Wildman–Crippen LogP) is 3.50. The number of nitrogens with zero attached hydrogens (tertiary/aromatic N) is 2. The van der Waals surface area contributed by atoms with Gasteiger partial charge < -0.3 is 9.32 Å². The van der Waals surface area contributed by atoms with Crippen molar-refractivity contribution in [2.24, 2.45) is 0 Å². The van der Waals surface area contributed by atoms with E-state index in [9.17, 15) is 13.2 Å². The summed E-state index contributed by atoms with van der Waals surface area (Å²) in [6.07, 6.45) is 0. The molecule has 2 heterocycles. The molecule has 0 unspecified atom stereocenters. The minimum absolute atomic E-state index is 0.206. The van der Waals surface area contributed by atoms with Gasteiger partial charge in [-0.15, -0.1) is 0 Å². The maximum Gasteiger partial charge on any atom is 0.289 e. The quantitative estimate of drug-likeness (QED) is 0.660. The Hall–Kier alpha value is -2.64. The third-order valence-electron chi connectivity index (χ3n) is 5.37. The molecule has 29 heavy (non-hydrogen) atoms. The molecule has 3 aromatic rings. The van der Waals surface area contributed by atoms with Crippen molar-refractivity contribution in [3.63, 3.8) is 0 Å². The van der Waals surface area contributed by atoms with Crippen molar-refractivity contribution < 1.29 is 17.6 Å². The molecule has 1 aliphatic heterocycles. The highest BCUT2D eigenvalue weighted by molar-refractivity contribution is 7.89. The summed E-state index contributed by atoms with van der Waals surface area (Å²) in [7, 11) is -3.58. The number of benzene rings is 2. The Labute approximate surface area is 170 Å². The molecule has 7 heteroatoms. The minimum atomic E-state index is -3.58. The van der Waals surface area contributed by atoms with E-state index >= 15 is 0 Å². The van der Waals surface area contributed by atoms with Gasteiger partial charge >= 0.3 is 0 Å². The molecule has 152 valence electrons. The highest BCUT2D eigenvalue weighted by Crippen LogP contribution is 2.25. The lowest BCUT2D eigenvalue weighted by atomic mass is 10.2. The van der Waals surface area contributed by atoms with Gasteiger partial charge in [-0.2, -0.15) is 4.31 Å². The number of amides is 1. The van der Waals surface area contributed by atoms with E-state index in [0.717, 1.165) is 22.1 Å². The summed E-state index contributed by atoms with van der Waals surface area (Å²) < 4.78 is 33.3. The normalized spacial score (nSPS) is 15.8. The number of sulfonamides is 1. The van der Waals surface area contributed by atoms with Crippen LogP contribution in [-0.4, -0.2) is 49.7 Å². The summed E-state index contributed by atoms with van der Waals surface area (Å²) in [4.78, 5) is 14.8. The van der Waals surface area contributed by atoms with Gasteiger partial charge in [0.05, 0.1) is 4.90 Å². The monoisotopic (exact) mass is 412 g/mol. The molecule has 1 amide bonds. The Balaban J connectivity index is 1.49. The molecule has 0 saturated carbocycles. The number of hydrogen-bond donors (Lipinski definition) is 0. The SMILES string of the molecule is Cc1ccc(C)c(S(=O)(=O)N2CCN(C(=O)c3cc4cc(C)ccc4o3)CC2)c1. The van der Waals surface area contributed by atoms with Crippen molar-refractivity contribution in [3.8, 4) is 0 Å². The van der Waals surface area contributed by atoms with Crippen LogP contribution in [0.15, 0.2) is 51.8 Å². The average molecular weight is 413 g/mol. The van der Waals surface area contributed by atoms with Crippen molar-refractivity contribution in [2.75, 3.05) is 26.2 Å². The van der Waals surface area contributed by atoms with Crippen LogP contribution in [0.2, 0.25) is 0 Å². The van der Waals surface area contributed by atoms with Crippen LogP contribution < -0.4 is 0 Å². The van der Waals surface area contributed by atoms with Crippen LogP contribution in [0.1, 0.15) is 27.2 Å². The fourth-order valence-corrected chi connectivity index (χ4v) is 5.41. The van der Waals surface area contributed by atoms with Crippen LogP contribution in [0.4, 0.5) is 0 Å². The Bertz CT molecular complexity index is 1190. The molecule has 0 N–H and O–H groups in total. The van der Waals surface area contributed by atoms with E-state index < -0.39 is 10.0 Å². The van der Waals surface area contributed by atoms with E-state index in [1.807, 2.05) is 44.2 Å². The number of furan rings is 1. The summed E-state index contributed by atoms with van der Waals surface area (Å²) >= 11 is 0. The maximum absolute atomic E-state index is 13.1. The first-order chi connectivity index (χ1) is 13.8. The van der Waals surface area contributed by atoms with Gasteiger partial charge in [0, 0.05) is 31.6 Å². The van der Waals surface area contributed by atoms with E-state index in [1.54, 1.807) is 24.0 Å². The second-order valence-electron chi connectivity index (χ2n) is 7.62. The molecule has 0 aliphatic carbocycles. The van der Waals surface area contributed by atoms with Crippen LogP contribution in [0.5, 0.6) is 0 Å². The Morgan fingerprint density at radius 3 is 2.28 bits per heavy atom. The zero-order chi connectivity index (χ0) is 20.8. The number of carbonyl (C=O) groups excluding carboxylic acids is 1. The van der Waals surface area contributed by atoms with Crippen LogP contribution in [-0.2, 0) is 10.0 Å². The van der Waals surface area contributed by atoms with Crippen LogP contribution in [0.25, 0.3) is 11.0 Å². The molecule has 4 rings (SSSR count). The molecule has 0 bridgehead atoms. The molecule has 1 aliphatic rings. The molecule has 0 atom stereocenters. The lowest BCUT2D eigenvalue weighted by Crippen LogP contribution is -2.50. The zero-order valence-corrected chi connectivity index (χ0v) is 17.6. The number of piperazine rings is 1. The number of rotatable bonds is 3. The van der Waals surface area contributed by atoms with Gasteiger partial charge in [-0.3, -0.25) is 4.79 Å². The van der Waals surface area contributed by atoms with Crippen LogP contribution in [0, 0.1) is 20.8 Å². The first-order valence-electron chi connectivity index (χ1n) is 9.62. The number of fused-ring (bicyclic) bond motifs is 1. The molecule has 0 spiro atoms. The van der Waals surface area contributed by atoms with Crippen molar-refractivity contribution in [1.29, 1.82) is 0 Å². The lowest BCUT2D eigenvalue weighted by Gasteiger charge is -2.33. The van der Waals surface area contributed by atoms with Gasteiger partial charge in [0.1, 0.15) is 5.58 Å². The van der Waals surface area contributed by atoms with E-state index in [4.69, 9.17) is 4.42 Å². The van der Waals surface area contributed by atoms with Gasteiger partial charge in [0.15, 0.2) is 5.76 Å². The van der Waals surface area contributed by atoms with Crippen molar-refractivity contribution in [3.05, 3.63) is 64.9 Å². The van der Waals surface area contributed by atoms with Gasteiger partial charge in [0.2, 0.25) is 10.0 Å². The molecule has 2 aromatic carbocycles. The second kappa shape index (κ2) is 7.31. The highest BCUT2D eigenvalue weighted by atomic mass is 32.2. The average Bonchev–Trinajstić information content (AvgIpc) is 3.12. The van der Waals surface area contributed by atoms with Crippen LogP contribution in [0.3, 0.4) is 0 Å². The van der Waals surface area contributed by atoms with Crippen molar-refractivity contribution >= 4 is 26.9 Å². The molecule has 1 aromatic heterocycles. The Morgan fingerprint density at radius 2 is 1.55 bits per heavy atom. The first-order valence-corrected chi connectivity index (χ1v) is 11.1. The number of aryl methyl sites for hydroxylation is 3. The van der Waals surface area contributed by atoms with Gasteiger partial charge in [-0.25, -0.2) is 8.42 Å². The maximum atomic E-state index is 13.1. The van der Waals surface area contributed by atoms with Crippen molar-refractivity contribution in [2.45, 2.75) is 25.7 Å². The van der Waals surface area contributed by atoms with Gasteiger partial charge in [-0.05, 0) is 56.2 Å². The summed E-state index contributed by atoms with van der Waals surface area (Å²) in [5.41, 5.74) is 3.41. The minimum Gasteiger partial charge on any atom is -0.451 e. The summed E-state index contributed by atoms with van der Waals surface area (Å²) in [5.74, 6) is 0.0825. The largest absolute Gasteiger partial charge is 0.451 e. The fraction of sp³-hybridized carbons (Fsp3) is 0.318. The standard InChI is InChI=1S/C22H24N2O4S/c1-15-5-7-19-18(12-15)14-20(28-19)22(25)23-8-10-24(11-9-23)29(26,27)21-13-16(2)4-6-17(21)3/h4-7,12-14H,8-11H2,1-3H3. The fourth-order valence-electron chi connectivity index (χ4n) is 3.68. The van der Waals surface area contributed by atoms with Gasteiger partial charge in [-0.1, -0.05) is 23.8 Å². The Kier molecular flexibility index (Phi) is 4.96. The smallest absolute Gasteiger partial charge is 0.289 e. The van der Waals surface area contributed by atoms with E-state index in [-0.39, 0.29) is 24.8 Å². The first kappa shape index (κ1) is 19.7. The highest BCUT2D eigenvalue weighted by Gasteiger charge is 2.32. The van der Waals surface area contributed by atoms with E-state index in [2.05, 4.69) is 0 Å². The van der Waals surface area contributed by atoms with Crippen molar-refractivity contribution in [1.82, 2.24) is 9.21 Å². The summed E-state index contributed by atoms with van der Waals surface area (Å²) in [6.45, 7) is 6.86. The third-order valence-corrected chi connectivity index (χ3v) is 7.41. The van der Waals surface area contributed by atoms with Crippen LogP contribution >= 0.6 is 0 Å². The van der Waals surface area contributed by atoms with Gasteiger partial charge in [0.25, 0.3) is 5.91 Å². The topological polar surface area (TPSA) is 70.8 Å². The molecule has 1 fully saturated rings. The number of carbonyl (C=O) groups is 1. The Morgan fingerprint density at radius 1 is 0.897 bits per heavy atom.